The molecule has 1 aromatic carbocycles. The second-order valence-electron chi connectivity index (χ2n) is 4.55. The van der Waals surface area contributed by atoms with Gasteiger partial charge in [-0.05, 0) is 30.2 Å². The summed E-state index contributed by atoms with van der Waals surface area (Å²) in [5.41, 5.74) is 5.56. The third-order valence-corrected chi connectivity index (χ3v) is 2.96. The van der Waals surface area contributed by atoms with Gasteiger partial charge in [-0.1, -0.05) is 19.1 Å². The van der Waals surface area contributed by atoms with E-state index in [0.29, 0.717) is 12.3 Å². The van der Waals surface area contributed by atoms with Crippen molar-refractivity contribution < 1.29 is 17.9 Å². The fourth-order valence-electron chi connectivity index (χ4n) is 1.67. The summed E-state index contributed by atoms with van der Waals surface area (Å²) < 4.78 is 42.9. The highest BCUT2D eigenvalue weighted by molar-refractivity contribution is 5.32. The van der Waals surface area contributed by atoms with Crippen LogP contribution in [0, 0.1) is 0 Å². The first kappa shape index (κ1) is 15.2. The molecule has 112 valence electrons. The number of rotatable bonds is 4. The lowest BCUT2D eigenvalue weighted by molar-refractivity contribution is -0.141. The molecule has 2 aromatic rings. The van der Waals surface area contributed by atoms with Gasteiger partial charge in [0.25, 0.3) is 0 Å². The van der Waals surface area contributed by atoms with Crippen LogP contribution in [0.1, 0.15) is 24.1 Å². The summed E-state index contributed by atoms with van der Waals surface area (Å²) in [5, 5.41) is 0. The maximum Gasteiger partial charge on any atom is 0.433 e. The van der Waals surface area contributed by atoms with Crippen LogP contribution in [0.3, 0.4) is 0 Å². The highest BCUT2D eigenvalue weighted by atomic mass is 19.4. The highest BCUT2D eigenvalue weighted by Crippen LogP contribution is 2.30. The Morgan fingerprint density at radius 2 is 1.86 bits per heavy atom. The molecular weight excluding hydrogens is 283 g/mol. The zero-order valence-electron chi connectivity index (χ0n) is 11.3. The Labute approximate surface area is 119 Å². The topological polar surface area (TPSA) is 61.0 Å². The number of halogens is 3. The van der Waals surface area contributed by atoms with Crippen LogP contribution in [-0.4, -0.2) is 16.5 Å². The van der Waals surface area contributed by atoms with Crippen LogP contribution in [0.4, 0.5) is 13.2 Å². The van der Waals surface area contributed by atoms with Crippen molar-refractivity contribution in [1.82, 2.24) is 9.97 Å². The van der Waals surface area contributed by atoms with Gasteiger partial charge in [0.05, 0.1) is 0 Å². The van der Waals surface area contributed by atoms with Crippen LogP contribution in [0.5, 0.6) is 11.6 Å². The van der Waals surface area contributed by atoms with Crippen LogP contribution in [0.2, 0.25) is 0 Å². The molecule has 0 aliphatic heterocycles. The van der Waals surface area contributed by atoms with E-state index in [9.17, 15) is 13.2 Å². The number of hydrogen-bond acceptors (Lipinski definition) is 4. The largest absolute Gasteiger partial charge is 0.439 e. The Morgan fingerprint density at radius 3 is 2.43 bits per heavy atom. The minimum absolute atomic E-state index is 0.156. The van der Waals surface area contributed by atoms with Gasteiger partial charge in [-0.15, -0.1) is 0 Å². The number of ether oxygens (including phenoxy) is 1. The number of nitrogens with zero attached hydrogens (tertiary/aromatic N) is 2. The lowest BCUT2D eigenvalue weighted by Gasteiger charge is -2.11. The lowest BCUT2D eigenvalue weighted by Crippen LogP contribution is -2.09. The normalized spacial score (nSPS) is 13.0. The standard InChI is InChI=1S/C14H14F3N3O/c1-9(7-18)10-2-4-11(5-3-10)21-13-6-12(14(15,16)17)19-8-20-13/h2-6,8-9H,7,18H2,1H3. The summed E-state index contributed by atoms with van der Waals surface area (Å²) in [4.78, 5) is 6.84. The van der Waals surface area contributed by atoms with E-state index in [-0.39, 0.29) is 11.8 Å². The van der Waals surface area contributed by atoms with Gasteiger partial charge in [0.2, 0.25) is 5.88 Å². The van der Waals surface area contributed by atoms with E-state index < -0.39 is 11.9 Å². The van der Waals surface area contributed by atoms with Crippen LogP contribution in [0.15, 0.2) is 36.7 Å². The monoisotopic (exact) mass is 297 g/mol. The predicted octanol–water partition coefficient (Wildman–Crippen LogP) is 3.35. The molecule has 0 bridgehead atoms. The molecule has 1 unspecified atom stereocenters. The quantitative estimate of drug-likeness (QED) is 0.940. The van der Waals surface area contributed by atoms with E-state index in [2.05, 4.69) is 9.97 Å². The molecule has 7 heteroatoms. The Hall–Kier alpha value is -2.15. The van der Waals surface area contributed by atoms with Gasteiger partial charge in [0.15, 0.2) is 5.69 Å². The van der Waals surface area contributed by atoms with Gasteiger partial charge >= 0.3 is 6.18 Å². The molecule has 0 aliphatic carbocycles. The third-order valence-electron chi connectivity index (χ3n) is 2.96. The van der Waals surface area contributed by atoms with Gasteiger partial charge in [-0.3, -0.25) is 0 Å². The van der Waals surface area contributed by atoms with Crippen molar-refractivity contribution in [2.75, 3.05) is 6.54 Å². The molecule has 0 saturated heterocycles. The summed E-state index contributed by atoms with van der Waals surface area (Å²) in [7, 11) is 0. The summed E-state index contributed by atoms with van der Waals surface area (Å²) in [6.45, 7) is 2.50. The summed E-state index contributed by atoms with van der Waals surface area (Å²) in [6.07, 6.45) is -3.70. The average Bonchev–Trinajstić information content (AvgIpc) is 2.47. The number of aromatic nitrogens is 2. The summed E-state index contributed by atoms with van der Waals surface area (Å²) in [6, 6.07) is 7.72. The van der Waals surface area contributed by atoms with Crippen molar-refractivity contribution in [2.45, 2.75) is 19.0 Å². The molecule has 21 heavy (non-hydrogen) atoms. The van der Waals surface area contributed by atoms with Crippen LogP contribution >= 0.6 is 0 Å². The first-order chi connectivity index (χ1) is 9.90. The summed E-state index contributed by atoms with van der Waals surface area (Å²) >= 11 is 0. The zero-order chi connectivity index (χ0) is 15.5. The number of benzene rings is 1. The molecule has 0 aliphatic rings. The molecule has 2 N–H and O–H groups in total. The fourth-order valence-corrected chi connectivity index (χ4v) is 1.67. The molecule has 0 radical (unpaired) electrons. The number of hydrogen-bond donors (Lipinski definition) is 1. The molecule has 1 heterocycles. The molecule has 0 fully saturated rings. The zero-order valence-corrected chi connectivity index (χ0v) is 11.3. The Kier molecular flexibility index (Phi) is 4.42. The Morgan fingerprint density at radius 1 is 1.19 bits per heavy atom. The van der Waals surface area contributed by atoms with E-state index in [4.69, 9.17) is 10.5 Å². The van der Waals surface area contributed by atoms with E-state index in [1.165, 1.54) is 0 Å². The van der Waals surface area contributed by atoms with Crippen LogP contribution in [0.25, 0.3) is 0 Å². The smallest absolute Gasteiger partial charge is 0.433 e. The van der Waals surface area contributed by atoms with Crippen LogP contribution in [-0.2, 0) is 6.18 Å². The van der Waals surface area contributed by atoms with Gasteiger partial charge in [-0.25, -0.2) is 9.97 Å². The maximum absolute atomic E-state index is 12.5. The lowest BCUT2D eigenvalue weighted by atomic mass is 10.0. The second kappa shape index (κ2) is 6.09. The molecular formula is C14H14F3N3O. The van der Waals surface area contributed by atoms with Gasteiger partial charge in [-0.2, -0.15) is 13.2 Å². The first-order valence-corrected chi connectivity index (χ1v) is 6.27. The van der Waals surface area contributed by atoms with E-state index in [0.717, 1.165) is 18.0 Å². The van der Waals surface area contributed by atoms with E-state index in [1.54, 1.807) is 12.1 Å². The Bertz CT molecular complexity index is 599. The molecule has 1 atom stereocenters. The van der Waals surface area contributed by atoms with Crippen molar-refractivity contribution >= 4 is 0 Å². The number of alkyl halides is 3. The fraction of sp³-hybridized carbons (Fsp3) is 0.286. The van der Waals surface area contributed by atoms with Gasteiger partial charge in [0, 0.05) is 6.07 Å². The van der Waals surface area contributed by atoms with Crippen LogP contribution < -0.4 is 10.5 Å². The third kappa shape index (κ3) is 3.91. The molecule has 0 amide bonds. The molecule has 0 saturated carbocycles. The van der Waals surface area contributed by atoms with Gasteiger partial charge in [0.1, 0.15) is 12.1 Å². The van der Waals surface area contributed by atoms with Crippen molar-refractivity contribution in [3.05, 3.63) is 47.9 Å². The Balaban J connectivity index is 2.15. The van der Waals surface area contributed by atoms with Gasteiger partial charge < -0.3 is 10.5 Å². The molecule has 1 aromatic heterocycles. The molecule has 0 spiro atoms. The minimum atomic E-state index is -4.53. The van der Waals surface area contributed by atoms with Crippen molar-refractivity contribution in [3.8, 4) is 11.6 Å². The first-order valence-electron chi connectivity index (χ1n) is 6.27. The summed E-state index contributed by atoms with van der Waals surface area (Å²) in [5.74, 6) is 0.446. The second-order valence-corrected chi connectivity index (χ2v) is 4.55. The number of nitrogens with two attached hydrogens (primary N) is 1. The molecule has 2 rings (SSSR count). The van der Waals surface area contributed by atoms with E-state index in [1.807, 2.05) is 19.1 Å². The predicted molar refractivity (Wildman–Crippen MR) is 71.0 cm³/mol. The maximum atomic E-state index is 12.5. The van der Waals surface area contributed by atoms with Crippen molar-refractivity contribution in [2.24, 2.45) is 5.73 Å². The average molecular weight is 297 g/mol. The molecule has 4 nitrogen and oxygen atoms in total. The van der Waals surface area contributed by atoms with Crippen molar-refractivity contribution in [1.29, 1.82) is 0 Å². The SMILES string of the molecule is CC(CN)c1ccc(Oc2cc(C(F)(F)F)ncn2)cc1. The van der Waals surface area contributed by atoms with E-state index >= 15 is 0 Å². The highest BCUT2D eigenvalue weighted by Gasteiger charge is 2.33. The van der Waals surface area contributed by atoms with Crippen molar-refractivity contribution in [3.63, 3.8) is 0 Å². The minimum Gasteiger partial charge on any atom is -0.439 e.